The van der Waals surface area contributed by atoms with Crippen LogP contribution in [0.5, 0.6) is 5.75 Å². The molecule has 23 heavy (non-hydrogen) atoms. The van der Waals surface area contributed by atoms with Gasteiger partial charge in [0.15, 0.2) is 5.11 Å². The molecule has 0 atom stereocenters. The summed E-state index contributed by atoms with van der Waals surface area (Å²) in [5.74, 6) is 0.869. The molecule has 1 saturated carbocycles. The van der Waals surface area contributed by atoms with Gasteiger partial charge in [-0.15, -0.1) is 0 Å². The summed E-state index contributed by atoms with van der Waals surface area (Å²) in [6.45, 7) is 5.66. The molecule has 0 amide bonds. The van der Waals surface area contributed by atoms with E-state index in [4.69, 9.17) is 21.7 Å². The zero-order valence-electron chi connectivity index (χ0n) is 14.1. The van der Waals surface area contributed by atoms with Crippen molar-refractivity contribution in [3.05, 3.63) is 24.3 Å². The Bertz CT molecular complexity index is 470. The Balaban J connectivity index is 1.58. The van der Waals surface area contributed by atoms with Gasteiger partial charge in [-0.3, -0.25) is 0 Å². The maximum Gasteiger partial charge on any atom is 0.170 e. The van der Waals surface area contributed by atoms with E-state index in [0.717, 1.165) is 31.0 Å². The molecular formula is C18H28N2O2S. The van der Waals surface area contributed by atoms with Crippen LogP contribution in [0.15, 0.2) is 24.3 Å². The van der Waals surface area contributed by atoms with Crippen LogP contribution >= 0.6 is 12.2 Å². The molecule has 2 rings (SSSR count). The summed E-state index contributed by atoms with van der Waals surface area (Å²) in [6, 6.07) is 7.82. The van der Waals surface area contributed by atoms with Crippen molar-refractivity contribution in [2.24, 2.45) is 0 Å². The van der Waals surface area contributed by atoms with Gasteiger partial charge >= 0.3 is 0 Å². The fourth-order valence-electron chi connectivity index (χ4n) is 2.64. The SMILES string of the molecule is CC(C)Oc1ccc(NC(=S)NCCCOC2CCCC2)cc1. The first-order chi connectivity index (χ1) is 11.1. The molecule has 1 aliphatic rings. The minimum absolute atomic E-state index is 0.183. The molecule has 0 heterocycles. The largest absolute Gasteiger partial charge is 0.491 e. The van der Waals surface area contributed by atoms with Gasteiger partial charge in [0.25, 0.3) is 0 Å². The summed E-state index contributed by atoms with van der Waals surface area (Å²) in [5, 5.41) is 7.03. The molecule has 2 N–H and O–H groups in total. The molecule has 4 nitrogen and oxygen atoms in total. The van der Waals surface area contributed by atoms with E-state index >= 15 is 0 Å². The molecule has 128 valence electrons. The van der Waals surface area contributed by atoms with E-state index in [9.17, 15) is 0 Å². The predicted molar refractivity (Wildman–Crippen MR) is 99.3 cm³/mol. The zero-order valence-corrected chi connectivity index (χ0v) is 15.0. The van der Waals surface area contributed by atoms with E-state index in [-0.39, 0.29) is 6.10 Å². The number of hydrogen-bond acceptors (Lipinski definition) is 3. The van der Waals surface area contributed by atoms with Gasteiger partial charge in [-0.1, -0.05) is 12.8 Å². The third-order valence-electron chi connectivity index (χ3n) is 3.75. The summed E-state index contributed by atoms with van der Waals surface area (Å²) in [6.07, 6.45) is 6.73. The van der Waals surface area contributed by atoms with Crippen LogP contribution < -0.4 is 15.4 Å². The van der Waals surface area contributed by atoms with Gasteiger partial charge in [0.1, 0.15) is 5.75 Å². The standard InChI is InChI=1S/C18H28N2O2S/c1-14(2)22-17-10-8-15(9-11-17)20-18(23)19-12-5-13-21-16-6-3-4-7-16/h8-11,14,16H,3-7,12-13H2,1-2H3,(H2,19,20,23). The second-order valence-corrected chi connectivity index (χ2v) is 6.61. The highest BCUT2D eigenvalue weighted by Crippen LogP contribution is 2.20. The Labute approximate surface area is 144 Å². The van der Waals surface area contributed by atoms with Crippen molar-refractivity contribution >= 4 is 23.0 Å². The van der Waals surface area contributed by atoms with Crippen molar-refractivity contribution in [3.8, 4) is 5.75 Å². The molecule has 1 fully saturated rings. The molecule has 0 unspecified atom stereocenters. The van der Waals surface area contributed by atoms with Gasteiger partial charge in [0.05, 0.1) is 12.2 Å². The van der Waals surface area contributed by atoms with Crippen LogP contribution in [0.1, 0.15) is 46.0 Å². The lowest BCUT2D eigenvalue weighted by atomic mass is 10.3. The molecule has 0 spiro atoms. The average molecular weight is 337 g/mol. The van der Waals surface area contributed by atoms with Crippen LogP contribution in [-0.4, -0.2) is 30.5 Å². The van der Waals surface area contributed by atoms with Crippen LogP contribution in [0.2, 0.25) is 0 Å². The first-order valence-corrected chi connectivity index (χ1v) is 8.97. The highest BCUT2D eigenvalue weighted by molar-refractivity contribution is 7.80. The normalized spacial score (nSPS) is 14.9. The number of ether oxygens (including phenoxy) is 2. The first-order valence-electron chi connectivity index (χ1n) is 8.56. The lowest BCUT2D eigenvalue weighted by Gasteiger charge is -2.13. The quantitative estimate of drug-likeness (QED) is 0.552. The number of thiocarbonyl (C=S) groups is 1. The lowest BCUT2D eigenvalue weighted by Crippen LogP contribution is -2.30. The van der Waals surface area contributed by atoms with Crippen molar-refractivity contribution in [2.45, 2.75) is 58.2 Å². The second kappa shape index (κ2) is 9.73. The van der Waals surface area contributed by atoms with Crippen LogP contribution in [-0.2, 0) is 4.74 Å². The first kappa shape index (κ1) is 18.0. The smallest absolute Gasteiger partial charge is 0.170 e. The molecule has 0 aromatic heterocycles. The Morgan fingerprint density at radius 2 is 1.91 bits per heavy atom. The van der Waals surface area contributed by atoms with Gasteiger partial charge in [0, 0.05) is 18.8 Å². The molecule has 0 aliphatic heterocycles. The molecular weight excluding hydrogens is 308 g/mol. The molecule has 5 heteroatoms. The van der Waals surface area contributed by atoms with Crippen molar-refractivity contribution in [2.75, 3.05) is 18.5 Å². The average Bonchev–Trinajstić information content (AvgIpc) is 3.02. The number of nitrogens with one attached hydrogen (secondary N) is 2. The topological polar surface area (TPSA) is 42.5 Å². The van der Waals surface area contributed by atoms with Gasteiger partial charge in [0.2, 0.25) is 0 Å². The van der Waals surface area contributed by atoms with E-state index in [1.807, 2.05) is 38.1 Å². The number of anilines is 1. The van der Waals surface area contributed by atoms with E-state index in [2.05, 4.69) is 10.6 Å². The fraction of sp³-hybridized carbons (Fsp3) is 0.611. The third kappa shape index (κ3) is 7.18. The van der Waals surface area contributed by atoms with Crippen LogP contribution in [0.3, 0.4) is 0 Å². The summed E-state index contributed by atoms with van der Waals surface area (Å²) < 4.78 is 11.4. The molecule has 1 aliphatic carbocycles. The van der Waals surface area contributed by atoms with E-state index in [1.165, 1.54) is 25.7 Å². The number of benzene rings is 1. The molecule has 0 bridgehead atoms. The molecule has 0 saturated heterocycles. The monoisotopic (exact) mass is 336 g/mol. The van der Waals surface area contributed by atoms with Crippen LogP contribution in [0, 0.1) is 0 Å². The Morgan fingerprint density at radius 3 is 2.57 bits per heavy atom. The van der Waals surface area contributed by atoms with Gasteiger partial charge < -0.3 is 20.1 Å². The van der Waals surface area contributed by atoms with Crippen molar-refractivity contribution < 1.29 is 9.47 Å². The minimum atomic E-state index is 0.183. The Hall–Kier alpha value is -1.33. The van der Waals surface area contributed by atoms with E-state index in [1.54, 1.807) is 0 Å². The summed E-state index contributed by atoms with van der Waals surface area (Å²) in [5.41, 5.74) is 0.959. The highest BCUT2D eigenvalue weighted by Gasteiger charge is 2.14. The van der Waals surface area contributed by atoms with Gasteiger partial charge in [-0.2, -0.15) is 0 Å². The van der Waals surface area contributed by atoms with Crippen molar-refractivity contribution in [1.29, 1.82) is 0 Å². The number of rotatable bonds is 8. The second-order valence-electron chi connectivity index (χ2n) is 6.20. The fourth-order valence-corrected chi connectivity index (χ4v) is 2.86. The molecule has 0 radical (unpaired) electrons. The third-order valence-corrected chi connectivity index (χ3v) is 3.99. The lowest BCUT2D eigenvalue weighted by molar-refractivity contribution is 0.0574. The predicted octanol–water partition coefficient (Wildman–Crippen LogP) is 4.11. The Morgan fingerprint density at radius 1 is 1.22 bits per heavy atom. The summed E-state index contributed by atoms with van der Waals surface area (Å²) >= 11 is 5.30. The van der Waals surface area contributed by atoms with Crippen LogP contribution in [0.4, 0.5) is 5.69 Å². The maximum absolute atomic E-state index is 5.83. The van der Waals surface area contributed by atoms with Gasteiger partial charge in [-0.05, 0) is 69.6 Å². The zero-order chi connectivity index (χ0) is 16.5. The maximum atomic E-state index is 5.83. The van der Waals surface area contributed by atoms with Gasteiger partial charge in [-0.25, -0.2) is 0 Å². The van der Waals surface area contributed by atoms with Crippen molar-refractivity contribution in [1.82, 2.24) is 5.32 Å². The van der Waals surface area contributed by atoms with E-state index < -0.39 is 0 Å². The van der Waals surface area contributed by atoms with Crippen LogP contribution in [0.25, 0.3) is 0 Å². The highest BCUT2D eigenvalue weighted by atomic mass is 32.1. The molecule has 1 aromatic rings. The summed E-state index contributed by atoms with van der Waals surface area (Å²) in [4.78, 5) is 0. The molecule has 1 aromatic carbocycles. The van der Waals surface area contributed by atoms with E-state index in [0.29, 0.717) is 11.2 Å². The van der Waals surface area contributed by atoms with Crippen molar-refractivity contribution in [3.63, 3.8) is 0 Å². The Kier molecular flexibility index (Phi) is 7.62. The minimum Gasteiger partial charge on any atom is -0.491 e. The number of hydrogen-bond donors (Lipinski definition) is 2. The summed E-state index contributed by atoms with van der Waals surface area (Å²) in [7, 11) is 0.